The smallest absolute Gasteiger partial charge is 0.126 e. The number of hydrogen-bond donors (Lipinski definition) is 3. The van der Waals surface area contributed by atoms with Crippen LogP contribution in [0, 0.1) is 11.6 Å². The number of benzene rings is 2. The first-order chi connectivity index (χ1) is 14.6. The van der Waals surface area contributed by atoms with Crippen LogP contribution in [0.4, 0.5) is 8.78 Å². The van der Waals surface area contributed by atoms with Gasteiger partial charge in [-0.15, -0.1) is 0 Å². The zero-order chi connectivity index (χ0) is 22.6. The van der Waals surface area contributed by atoms with E-state index in [-0.39, 0.29) is 11.0 Å². The first-order valence-electron chi connectivity index (χ1n) is 11.3. The third-order valence-electron chi connectivity index (χ3n) is 6.38. The number of rotatable bonds is 7. The lowest BCUT2D eigenvalue weighted by Gasteiger charge is -2.41. The number of halogens is 2. The van der Waals surface area contributed by atoms with Crippen molar-refractivity contribution in [3.63, 3.8) is 0 Å². The molecule has 3 nitrogen and oxygen atoms in total. The van der Waals surface area contributed by atoms with Crippen LogP contribution in [0.2, 0.25) is 0 Å². The molecule has 0 aromatic heterocycles. The topological polar surface area (TPSA) is 58.3 Å². The van der Waals surface area contributed by atoms with Gasteiger partial charge in [0, 0.05) is 24.1 Å². The summed E-state index contributed by atoms with van der Waals surface area (Å²) in [6, 6.07) is 11.7. The van der Waals surface area contributed by atoms with Crippen molar-refractivity contribution in [2.45, 2.75) is 88.9 Å². The maximum absolute atomic E-state index is 13.5. The molecule has 5 heteroatoms. The van der Waals surface area contributed by atoms with Crippen molar-refractivity contribution in [1.82, 2.24) is 5.32 Å². The third kappa shape index (κ3) is 6.34. The van der Waals surface area contributed by atoms with Gasteiger partial charge in [0.2, 0.25) is 0 Å². The zero-order valence-electron chi connectivity index (χ0n) is 18.9. The summed E-state index contributed by atoms with van der Waals surface area (Å²) in [5, 5.41) is 14.4. The molecule has 1 aliphatic carbocycles. The molecular formula is C26H36F2N2O. The van der Waals surface area contributed by atoms with E-state index in [0.29, 0.717) is 18.4 Å². The van der Waals surface area contributed by atoms with Gasteiger partial charge in [0.1, 0.15) is 17.9 Å². The molecule has 0 aliphatic heterocycles. The number of nitrogens with two attached hydrogens (primary N) is 1. The van der Waals surface area contributed by atoms with Gasteiger partial charge in [0.25, 0.3) is 0 Å². The Morgan fingerprint density at radius 2 is 1.68 bits per heavy atom. The largest absolute Gasteiger partial charge is 0.379 e. The highest BCUT2D eigenvalue weighted by Gasteiger charge is 2.36. The molecule has 1 fully saturated rings. The van der Waals surface area contributed by atoms with Crippen molar-refractivity contribution in [3.8, 4) is 0 Å². The molecular weight excluding hydrogens is 394 g/mol. The Morgan fingerprint density at radius 3 is 2.29 bits per heavy atom. The fraction of sp³-hybridized carbons (Fsp3) is 0.538. The van der Waals surface area contributed by atoms with Crippen molar-refractivity contribution in [3.05, 3.63) is 70.8 Å². The SMILES string of the molecule is CC(C)(C)c1cccc(C2(NC(O)CC(N)Cc3cc(F)cc(F)c3)CCCCC2)c1. The summed E-state index contributed by atoms with van der Waals surface area (Å²) in [5.41, 5.74) is 8.97. The number of hydrogen-bond acceptors (Lipinski definition) is 3. The maximum atomic E-state index is 13.5. The van der Waals surface area contributed by atoms with E-state index in [1.54, 1.807) is 0 Å². The molecule has 3 rings (SSSR count). The van der Waals surface area contributed by atoms with E-state index in [0.717, 1.165) is 31.7 Å². The van der Waals surface area contributed by atoms with Crippen molar-refractivity contribution in [2.75, 3.05) is 0 Å². The fourth-order valence-corrected chi connectivity index (χ4v) is 4.73. The number of aliphatic hydroxyl groups excluding tert-OH is 1. The van der Waals surface area contributed by atoms with Crippen LogP contribution < -0.4 is 11.1 Å². The van der Waals surface area contributed by atoms with Crippen LogP contribution in [0.25, 0.3) is 0 Å². The molecule has 2 unspecified atom stereocenters. The van der Waals surface area contributed by atoms with E-state index >= 15 is 0 Å². The van der Waals surface area contributed by atoms with Gasteiger partial charge < -0.3 is 10.8 Å². The standard InChI is InChI=1S/C26H36F2N2O/c1-25(2,3)19-8-7-9-20(15-19)26(10-5-4-6-11-26)30-24(31)17-23(29)14-18-12-21(27)16-22(28)13-18/h7-9,12-13,15-16,23-24,30-31H,4-6,10-11,14,17,29H2,1-3H3. The fourth-order valence-electron chi connectivity index (χ4n) is 4.73. The van der Waals surface area contributed by atoms with Crippen molar-refractivity contribution >= 4 is 0 Å². The molecule has 0 bridgehead atoms. The molecule has 31 heavy (non-hydrogen) atoms. The molecule has 170 valence electrons. The van der Waals surface area contributed by atoms with Gasteiger partial charge in [-0.25, -0.2) is 8.78 Å². The molecule has 2 aromatic carbocycles. The molecule has 0 spiro atoms. The highest BCUT2D eigenvalue weighted by Crippen LogP contribution is 2.39. The molecule has 1 aliphatic rings. The van der Waals surface area contributed by atoms with E-state index < -0.39 is 23.9 Å². The first kappa shape index (κ1) is 23.8. The second-order valence-corrected chi connectivity index (χ2v) is 10.1. The minimum absolute atomic E-state index is 0.0487. The van der Waals surface area contributed by atoms with Crippen LogP contribution in [-0.4, -0.2) is 17.4 Å². The summed E-state index contributed by atoms with van der Waals surface area (Å²) in [5.74, 6) is -1.22. The Bertz CT molecular complexity index is 852. The maximum Gasteiger partial charge on any atom is 0.126 e. The van der Waals surface area contributed by atoms with E-state index in [2.05, 4.69) is 50.4 Å². The second-order valence-electron chi connectivity index (χ2n) is 10.1. The normalized spacial score (nSPS) is 18.5. The Morgan fingerprint density at radius 1 is 1.03 bits per heavy atom. The Hall–Kier alpha value is -1.82. The summed E-state index contributed by atoms with van der Waals surface area (Å²) in [6.07, 6.45) is 5.14. The van der Waals surface area contributed by atoms with Crippen molar-refractivity contribution in [2.24, 2.45) is 5.73 Å². The summed E-state index contributed by atoms with van der Waals surface area (Å²) in [7, 11) is 0. The highest BCUT2D eigenvalue weighted by atomic mass is 19.1. The molecule has 1 saturated carbocycles. The molecule has 2 aromatic rings. The predicted molar refractivity (Wildman–Crippen MR) is 122 cm³/mol. The zero-order valence-corrected chi connectivity index (χ0v) is 18.9. The lowest BCUT2D eigenvalue weighted by Crippen LogP contribution is -2.51. The molecule has 2 atom stereocenters. The van der Waals surface area contributed by atoms with Crippen molar-refractivity contribution in [1.29, 1.82) is 0 Å². The molecule has 4 N–H and O–H groups in total. The first-order valence-corrected chi connectivity index (χ1v) is 11.3. The summed E-state index contributed by atoms with van der Waals surface area (Å²) >= 11 is 0. The van der Waals surface area contributed by atoms with Gasteiger partial charge in [-0.3, -0.25) is 5.32 Å². The molecule has 0 radical (unpaired) electrons. The molecule has 0 amide bonds. The van der Waals surface area contributed by atoms with E-state index in [1.165, 1.54) is 29.7 Å². The van der Waals surface area contributed by atoms with E-state index in [4.69, 9.17) is 5.73 Å². The van der Waals surface area contributed by atoms with Crippen LogP contribution >= 0.6 is 0 Å². The highest BCUT2D eigenvalue weighted by molar-refractivity contribution is 5.34. The Labute approximate surface area is 185 Å². The minimum atomic E-state index is -0.801. The summed E-state index contributed by atoms with van der Waals surface area (Å²) in [6.45, 7) is 6.61. The monoisotopic (exact) mass is 430 g/mol. The summed E-state index contributed by atoms with van der Waals surface area (Å²) < 4.78 is 26.9. The molecule has 0 saturated heterocycles. The molecule has 0 heterocycles. The van der Waals surface area contributed by atoms with Gasteiger partial charge in [0.05, 0.1) is 0 Å². The second kappa shape index (κ2) is 9.76. The Kier molecular flexibility index (Phi) is 7.51. The minimum Gasteiger partial charge on any atom is -0.379 e. The van der Waals surface area contributed by atoms with Gasteiger partial charge in [-0.05, 0) is 53.5 Å². The van der Waals surface area contributed by atoms with Crippen LogP contribution in [0.1, 0.15) is 76.0 Å². The van der Waals surface area contributed by atoms with Gasteiger partial charge in [-0.1, -0.05) is 64.3 Å². The lowest BCUT2D eigenvalue weighted by atomic mass is 9.74. The number of nitrogens with one attached hydrogen (secondary N) is 1. The van der Waals surface area contributed by atoms with Gasteiger partial charge in [-0.2, -0.15) is 0 Å². The van der Waals surface area contributed by atoms with Gasteiger partial charge >= 0.3 is 0 Å². The van der Waals surface area contributed by atoms with Crippen LogP contribution in [0.3, 0.4) is 0 Å². The van der Waals surface area contributed by atoms with Crippen LogP contribution in [0.15, 0.2) is 42.5 Å². The van der Waals surface area contributed by atoms with E-state index in [9.17, 15) is 13.9 Å². The Balaban J connectivity index is 1.73. The third-order valence-corrected chi connectivity index (χ3v) is 6.38. The number of aliphatic hydroxyl groups is 1. The predicted octanol–water partition coefficient (Wildman–Crippen LogP) is 5.29. The quantitative estimate of drug-likeness (QED) is 0.523. The van der Waals surface area contributed by atoms with Gasteiger partial charge in [0.15, 0.2) is 0 Å². The van der Waals surface area contributed by atoms with Crippen LogP contribution in [-0.2, 0) is 17.4 Å². The van der Waals surface area contributed by atoms with Crippen LogP contribution in [0.5, 0.6) is 0 Å². The lowest BCUT2D eigenvalue weighted by molar-refractivity contribution is 0.0593. The van der Waals surface area contributed by atoms with Crippen molar-refractivity contribution < 1.29 is 13.9 Å². The average molecular weight is 431 g/mol. The van der Waals surface area contributed by atoms with E-state index in [1.807, 2.05) is 0 Å². The average Bonchev–Trinajstić information content (AvgIpc) is 2.67. The summed E-state index contributed by atoms with van der Waals surface area (Å²) in [4.78, 5) is 0.